The van der Waals surface area contributed by atoms with Crippen LogP contribution in [-0.2, 0) is 13.6 Å². The minimum absolute atomic E-state index is 0.341. The summed E-state index contributed by atoms with van der Waals surface area (Å²) in [4.78, 5) is 0. The molecule has 1 aromatic rings. The van der Waals surface area contributed by atoms with Crippen LogP contribution in [0.5, 0.6) is 0 Å². The number of hydrogen-bond acceptors (Lipinski definition) is 1. The van der Waals surface area contributed by atoms with E-state index in [1.165, 1.54) is 19.3 Å². The SMILES string of the molecule is C[n+]1ccn(CCCCCCCO)c1. The molecule has 0 amide bonds. The van der Waals surface area contributed by atoms with Crippen molar-refractivity contribution < 1.29 is 9.67 Å². The number of aliphatic hydroxyl groups is 1. The van der Waals surface area contributed by atoms with E-state index >= 15 is 0 Å². The molecular weight excluding hydrogens is 176 g/mol. The van der Waals surface area contributed by atoms with Gasteiger partial charge in [-0.3, -0.25) is 0 Å². The molecule has 0 bridgehead atoms. The van der Waals surface area contributed by atoms with Gasteiger partial charge in [-0.2, -0.15) is 0 Å². The van der Waals surface area contributed by atoms with Crippen LogP contribution in [0.4, 0.5) is 0 Å². The van der Waals surface area contributed by atoms with Crippen molar-refractivity contribution in [2.24, 2.45) is 7.05 Å². The predicted molar refractivity (Wildman–Crippen MR) is 55.8 cm³/mol. The molecule has 0 aliphatic rings. The molecule has 1 N–H and O–H groups in total. The maximum Gasteiger partial charge on any atom is 0.243 e. The Morgan fingerprint density at radius 1 is 1.14 bits per heavy atom. The minimum Gasteiger partial charge on any atom is -0.396 e. The minimum atomic E-state index is 0.341. The smallest absolute Gasteiger partial charge is 0.243 e. The summed E-state index contributed by atoms with van der Waals surface area (Å²) in [6, 6.07) is 0. The van der Waals surface area contributed by atoms with Gasteiger partial charge in [0.25, 0.3) is 0 Å². The monoisotopic (exact) mass is 197 g/mol. The molecule has 1 aromatic heterocycles. The van der Waals surface area contributed by atoms with Crippen LogP contribution in [0, 0.1) is 0 Å². The number of rotatable bonds is 7. The van der Waals surface area contributed by atoms with Gasteiger partial charge in [0, 0.05) is 6.61 Å². The van der Waals surface area contributed by atoms with Crippen molar-refractivity contribution >= 4 is 0 Å². The molecule has 0 radical (unpaired) electrons. The fraction of sp³-hybridized carbons (Fsp3) is 0.727. The highest BCUT2D eigenvalue weighted by Crippen LogP contribution is 2.03. The molecule has 0 saturated carbocycles. The van der Waals surface area contributed by atoms with E-state index in [1.54, 1.807) is 0 Å². The summed E-state index contributed by atoms with van der Waals surface area (Å²) in [5.74, 6) is 0. The van der Waals surface area contributed by atoms with Gasteiger partial charge in [0.1, 0.15) is 12.4 Å². The van der Waals surface area contributed by atoms with E-state index in [0.717, 1.165) is 19.4 Å². The first-order valence-corrected chi connectivity index (χ1v) is 5.45. The number of nitrogens with zero attached hydrogens (tertiary/aromatic N) is 2. The van der Waals surface area contributed by atoms with E-state index in [4.69, 9.17) is 5.11 Å². The van der Waals surface area contributed by atoms with Crippen molar-refractivity contribution in [1.82, 2.24) is 4.57 Å². The van der Waals surface area contributed by atoms with Crippen molar-refractivity contribution in [3.8, 4) is 0 Å². The molecule has 0 saturated heterocycles. The summed E-state index contributed by atoms with van der Waals surface area (Å²) in [7, 11) is 2.04. The van der Waals surface area contributed by atoms with Crippen molar-refractivity contribution in [3.63, 3.8) is 0 Å². The zero-order valence-electron chi connectivity index (χ0n) is 9.02. The first-order valence-electron chi connectivity index (χ1n) is 5.45. The van der Waals surface area contributed by atoms with Gasteiger partial charge in [-0.05, 0) is 19.3 Å². The van der Waals surface area contributed by atoms with Gasteiger partial charge in [-0.15, -0.1) is 0 Å². The second kappa shape index (κ2) is 6.60. The van der Waals surface area contributed by atoms with Crippen molar-refractivity contribution in [1.29, 1.82) is 0 Å². The highest BCUT2D eigenvalue weighted by Gasteiger charge is 1.98. The Bertz CT molecular complexity index is 245. The van der Waals surface area contributed by atoms with Crippen LogP contribution in [0.1, 0.15) is 32.1 Å². The fourth-order valence-corrected chi connectivity index (χ4v) is 1.57. The molecule has 0 atom stereocenters. The van der Waals surface area contributed by atoms with Crippen LogP contribution < -0.4 is 4.57 Å². The maximum absolute atomic E-state index is 8.60. The Hall–Kier alpha value is -0.830. The van der Waals surface area contributed by atoms with Crippen LogP contribution in [0.25, 0.3) is 0 Å². The Balaban J connectivity index is 1.99. The second-order valence-electron chi connectivity index (χ2n) is 3.81. The topological polar surface area (TPSA) is 29.0 Å². The van der Waals surface area contributed by atoms with Gasteiger partial charge in [-0.25, -0.2) is 9.13 Å². The van der Waals surface area contributed by atoms with Gasteiger partial charge in [0.2, 0.25) is 6.33 Å². The summed E-state index contributed by atoms with van der Waals surface area (Å²) in [6.07, 6.45) is 12.1. The molecule has 14 heavy (non-hydrogen) atoms. The number of unbranched alkanes of at least 4 members (excludes halogenated alkanes) is 4. The average molecular weight is 197 g/mol. The largest absolute Gasteiger partial charge is 0.396 e. The van der Waals surface area contributed by atoms with E-state index < -0.39 is 0 Å². The molecule has 3 nitrogen and oxygen atoms in total. The Morgan fingerprint density at radius 3 is 2.50 bits per heavy atom. The molecule has 0 aliphatic carbocycles. The average Bonchev–Trinajstić information content (AvgIpc) is 2.58. The molecule has 0 spiro atoms. The lowest BCUT2D eigenvalue weighted by atomic mass is 10.1. The van der Waals surface area contributed by atoms with Crippen molar-refractivity contribution in [2.45, 2.75) is 38.6 Å². The molecular formula is C11H21N2O+. The van der Waals surface area contributed by atoms with E-state index in [1.807, 2.05) is 7.05 Å². The van der Waals surface area contributed by atoms with E-state index in [-0.39, 0.29) is 0 Å². The van der Waals surface area contributed by atoms with Crippen LogP contribution in [0.2, 0.25) is 0 Å². The van der Waals surface area contributed by atoms with Gasteiger partial charge in [0.05, 0.1) is 13.6 Å². The molecule has 3 heteroatoms. The molecule has 0 unspecified atom stereocenters. The zero-order chi connectivity index (χ0) is 10.2. The Kier molecular flexibility index (Phi) is 5.30. The highest BCUT2D eigenvalue weighted by molar-refractivity contribution is 4.65. The first kappa shape index (κ1) is 11.2. The van der Waals surface area contributed by atoms with Gasteiger partial charge < -0.3 is 5.11 Å². The van der Waals surface area contributed by atoms with Crippen LogP contribution in [0.15, 0.2) is 18.7 Å². The summed E-state index contributed by atoms with van der Waals surface area (Å²) in [5.41, 5.74) is 0. The fourth-order valence-electron chi connectivity index (χ4n) is 1.57. The number of aryl methyl sites for hydroxylation is 2. The summed E-state index contributed by atoms with van der Waals surface area (Å²) >= 11 is 0. The zero-order valence-corrected chi connectivity index (χ0v) is 9.02. The molecule has 0 aromatic carbocycles. The van der Waals surface area contributed by atoms with Crippen molar-refractivity contribution in [3.05, 3.63) is 18.7 Å². The highest BCUT2D eigenvalue weighted by atomic mass is 16.2. The van der Waals surface area contributed by atoms with E-state index in [2.05, 4.69) is 27.9 Å². The Labute approximate surface area is 86.0 Å². The van der Waals surface area contributed by atoms with E-state index in [0.29, 0.717) is 6.61 Å². The molecule has 0 aliphatic heterocycles. The third kappa shape index (κ3) is 4.42. The lowest BCUT2D eigenvalue weighted by Crippen LogP contribution is -2.23. The quantitative estimate of drug-likeness (QED) is 0.517. The molecule has 0 fully saturated rings. The normalized spacial score (nSPS) is 10.7. The molecule has 1 heterocycles. The van der Waals surface area contributed by atoms with Crippen molar-refractivity contribution in [2.75, 3.05) is 6.61 Å². The van der Waals surface area contributed by atoms with Gasteiger partial charge in [-0.1, -0.05) is 12.8 Å². The van der Waals surface area contributed by atoms with Gasteiger partial charge >= 0.3 is 0 Å². The standard InChI is InChI=1S/C11H21N2O/c1-12-8-9-13(11-12)7-5-3-2-4-6-10-14/h8-9,11,14H,2-7,10H2,1H3/q+1. The Morgan fingerprint density at radius 2 is 1.86 bits per heavy atom. The summed E-state index contributed by atoms with van der Waals surface area (Å²) in [5, 5.41) is 8.60. The molecule has 1 rings (SSSR count). The first-order chi connectivity index (χ1) is 6.83. The lowest BCUT2D eigenvalue weighted by molar-refractivity contribution is -0.671. The summed E-state index contributed by atoms with van der Waals surface area (Å²) < 4.78 is 4.28. The number of aromatic nitrogens is 2. The van der Waals surface area contributed by atoms with Crippen LogP contribution >= 0.6 is 0 Å². The maximum atomic E-state index is 8.60. The predicted octanol–water partition coefficient (Wildman–Crippen LogP) is 1.26. The van der Waals surface area contributed by atoms with Crippen LogP contribution in [-0.4, -0.2) is 16.3 Å². The third-order valence-corrected chi connectivity index (χ3v) is 2.40. The number of hydrogen-bond donors (Lipinski definition) is 1. The number of aliphatic hydroxyl groups excluding tert-OH is 1. The summed E-state index contributed by atoms with van der Waals surface area (Å²) in [6.45, 7) is 1.45. The van der Waals surface area contributed by atoms with E-state index in [9.17, 15) is 0 Å². The van der Waals surface area contributed by atoms with Crippen LogP contribution in [0.3, 0.4) is 0 Å². The lowest BCUT2D eigenvalue weighted by Gasteiger charge is -1.98. The number of imidazole rings is 1. The molecule has 80 valence electrons. The van der Waals surface area contributed by atoms with Gasteiger partial charge in [0.15, 0.2) is 0 Å². The second-order valence-corrected chi connectivity index (χ2v) is 3.81. The third-order valence-electron chi connectivity index (χ3n) is 2.40.